The molecule has 0 bridgehead atoms. The van der Waals surface area contributed by atoms with Gasteiger partial charge >= 0.3 is 0 Å². The van der Waals surface area contributed by atoms with Crippen LogP contribution in [0.2, 0.25) is 0 Å². The molecule has 0 atom stereocenters. The molecule has 1 rings (SSSR count). The summed E-state index contributed by atoms with van der Waals surface area (Å²) in [5.74, 6) is -0.984. The summed E-state index contributed by atoms with van der Waals surface area (Å²) in [6.45, 7) is 0. The summed E-state index contributed by atoms with van der Waals surface area (Å²) < 4.78 is 22.1. The highest BCUT2D eigenvalue weighted by atomic mass is 32.2. The van der Waals surface area contributed by atoms with Gasteiger partial charge in [0.05, 0.1) is 4.90 Å². The SMILES string of the molecule is [N-]=[N+]=NC(=O)c1ccccc1S(N)(=O)=O. The van der Waals surface area contributed by atoms with E-state index in [1.54, 1.807) is 0 Å². The number of hydrogen-bond donors (Lipinski definition) is 1. The third-order valence-electron chi connectivity index (χ3n) is 1.56. The van der Waals surface area contributed by atoms with Crippen molar-refractivity contribution in [2.45, 2.75) is 4.90 Å². The summed E-state index contributed by atoms with van der Waals surface area (Å²) in [5.41, 5.74) is 7.81. The standard InChI is InChI=1S/C7H6N4O3S/c8-11-10-7(12)5-3-1-2-4-6(5)15(9,13)14/h1-4H,(H2,9,13,14). The highest BCUT2D eigenvalue weighted by Gasteiger charge is 2.17. The number of primary sulfonamides is 1. The molecule has 7 nitrogen and oxygen atoms in total. The van der Waals surface area contributed by atoms with E-state index in [-0.39, 0.29) is 10.5 Å². The maximum atomic E-state index is 11.2. The minimum atomic E-state index is -4.00. The van der Waals surface area contributed by atoms with Crippen molar-refractivity contribution in [2.24, 2.45) is 10.3 Å². The molecule has 15 heavy (non-hydrogen) atoms. The molecule has 0 aliphatic rings. The zero-order valence-corrected chi connectivity index (χ0v) is 8.18. The van der Waals surface area contributed by atoms with Gasteiger partial charge in [0.15, 0.2) is 0 Å². The van der Waals surface area contributed by atoms with E-state index in [1.807, 2.05) is 0 Å². The molecule has 0 aromatic heterocycles. The van der Waals surface area contributed by atoms with Crippen molar-refractivity contribution < 1.29 is 13.2 Å². The van der Waals surface area contributed by atoms with Crippen molar-refractivity contribution in [3.63, 3.8) is 0 Å². The molecule has 0 saturated carbocycles. The molecule has 1 aromatic carbocycles. The minimum Gasteiger partial charge on any atom is -0.287 e. The molecule has 0 fully saturated rings. The monoisotopic (exact) mass is 226 g/mol. The van der Waals surface area contributed by atoms with Gasteiger partial charge in [-0.3, -0.25) is 4.79 Å². The van der Waals surface area contributed by atoms with E-state index in [0.29, 0.717) is 0 Å². The van der Waals surface area contributed by atoms with Crippen LogP contribution in [-0.4, -0.2) is 14.3 Å². The van der Waals surface area contributed by atoms with E-state index >= 15 is 0 Å². The molecule has 0 aliphatic heterocycles. The molecule has 1 aromatic rings. The van der Waals surface area contributed by atoms with Gasteiger partial charge in [0.1, 0.15) is 0 Å². The van der Waals surface area contributed by atoms with Crippen LogP contribution in [0.3, 0.4) is 0 Å². The summed E-state index contributed by atoms with van der Waals surface area (Å²) in [5, 5.41) is 7.67. The van der Waals surface area contributed by atoms with Crippen LogP contribution in [-0.2, 0) is 10.0 Å². The number of hydrogen-bond acceptors (Lipinski definition) is 3. The molecule has 0 aliphatic carbocycles. The quantitative estimate of drug-likeness (QED) is 0.454. The molecule has 0 saturated heterocycles. The maximum absolute atomic E-state index is 11.2. The van der Waals surface area contributed by atoms with Gasteiger partial charge in [-0.2, -0.15) is 0 Å². The van der Waals surface area contributed by atoms with Crippen LogP contribution < -0.4 is 5.14 Å². The van der Waals surface area contributed by atoms with E-state index in [4.69, 9.17) is 10.7 Å². The maximum Gasteiger partial charge on any atom is 0.250 e. The van der Waals surface area contributed by atoms with Crippen LogP contribution in [0.15, 0.2) is 34.3 Å². The molecule has 0 heterocycles. The van der Waals surface area contributed by atoms with Gasteiger partial charge in [-0.15, -0.1) is 0 Å². The lowest BCUT2D eigenvalue weighted by Crippen LogP contribution is -2.15. The Morgan fingerprint density at radius 2 is 2.00 bits per heavy atom. The van der Waals surface area contributed by atoms with Crippen molar-refractivity contribution in [3.8, 4) is 0 Å². The second-order valence-electron chi connectivity index (χ2n) is 2.54. The Bertz CT molecular complexity index is 545. The fourth-order valence-corrected chi connectivity index (χ4v) is 1.72. The van der Waals surface area contributed by atoms with Crippen molar-refractivity contribution in [1.29, 1.82) is 0 Å². The van der Waals surface area contributed by atoms with E-state index in [0.717, 1.165) is 6.07 Å². The number of sulfonamides is 1. The molecular weight excluding hydrogens is 220 g/mol. The highest BCUT2D eigenvalue weighted by Crippen LogP contribution is 2.14. The average Bonchev–Trinajstić information content (AvgIpc) is 2.17. The third kappa shape index (κ3) is 2.53. The Hall–Kier alpha value is -1.89. The topological polar surface area (TPSA) is 126 Å². The van der Waals surface area contributed by atoms with Gasteiger partial charge in [0.2, 0.25) is 10.0 Å². The molecule has 78 valence electrons. The number of rotatable bonds is 2. The Morgan fingerprint density at radius 3 is 2.53 bits per heavy atom. The van der Waals surface area contributed by atoms with Crippen LogP contribution in [0, 0.1) is 0 Å². The average molecular weight is 226 g/mol. The normalized spacial score (nSPS) is 10.5. The lowest BCUT2D eigenvalue weighted by Gasteiger charge is -2.02. The van der Waals surface area contributed by atoms with Crippen molar-refractivity contribution in [2.75, 3.05) is 0 Å². The summed E-state index contributed by atoms with van der Waals surface area (Å²) >= 11 is 0. The van der Waals surface area contributed by atoms with Gasteiger partial charge < -0.3 is 0 Å². The first-order valence-electron chi connectivity index (χ1n) is 3.68. The van der Waals surface area contributed by atoms with Crippen LogP contribution in [0.1, 0.15) is 10.4 Å². The Kier molecular flexibility index (Phi) is 3.05. The third-order valence-corrected chi connectivity index (χ3v) is 2.53. The fourth-order valence-electron chi connectivity index (χ4n) is 0.986. The predicted molar refractivity (Wildman–Crippen MR) is 51.3 cm³/mol. The smallest absolute Gasteiger partial charge is 0.250 e. The number of azide groups is 1. The van der Waals surface area contributed by atoms with Crippen LogP contribution >= 0.6 is 0 Å². The van der Waals surface area contributed by atoms with Crippen molar-refractivity contribution in [1.82, 2.24) is 0 Å². The molecule has 0 spiro atoms. The molecule has 0 unspecified atom stereocenters. The number of benzene rings is 1. The lowest BCUT2D eigenvalue weighted by atomic mass is 10.2. The number of carbonyl (C=O) groups excluding carboxylic acids is 1. The van der Waals surface area contributed by atoms with Gasteiger partial charge in [0, 0.05) is 10.5 Å². The number of nitrogens with zero attached hydrogens (tertiary/aromatic N) is 3. The zero-order valence-electron chi connectivity index (χ0n) is 7.36. The van der Waals surface area contributed by atoms with E-state index < -0.39 is 15.9 Å². The Labute approximate surface area is 85.2 Å². The molecular formula is C7H6N4O3S. The van der Waals surface area contributed by atoms with Crippen LogP contribution in [0.5, 0.6) is 0 Å². The van der Waals surface area contributed by atoms with E-state index in [1.165, 1.54) is 18.2 Å². The van der Waals surface area contributed by atoms with Gasteiger partial charge in [-0.25, -0.2) is 13.6 Å². The van der Waals surface area contributed by atoms with Gasteiger partial charge in [-0.05, 0) is 22.8 Å². The van der Waals surface area contributed by atoms with Gasteiger partial charge in [-0.1, -0.05) is 12.1 Å². The molecule has 0 radical (unpaired) electrons. The summed E-state index contributed by atoms with van der Waals surface area (Å²) in [7, 11) is -4.00. The van der Waals surface area contributed by atoms with E-state index in [9.17, 15) is 13.2 Å². The first kappa shape index (κ1) is 11.2. The minimum absolute atomic E-state index is 0.238. The highest BCUT2D eigenvalue weighted by molar-refractivity contribution is 7.89. The second-order valence-corrected chi connectivity index (χ2v) is 4.07. The fraction of sp³-hybridized carbons (Fsp3) is 0. The zero-order chi connectivity index (χ0) is 11.5. The summed E-state index contributed by atoms with van der Waals surface area (Å²) in [6, 6.07) is 5.23. The van der Waals surface area contributed by atoms with Crippen molar-refractivity contribution >= 4 is 15.9 Å². The molecule has 2 N–H and O–H groups in total. The first-order valence-corrected chi connectivity index (χ1v) is 5.22. The Balaban J connectivity index is 3.43. The van der Waals surface area contributed by atoms with Gasteiger partial charge in [0.25, 0.3) is 5.91 Å². The molecule has 8 heteroatoms. The van der Waals surface area contributed by atoms with Crippen molar-refractivity contribution in [3.05, 3.63) is 40.3 Å². The number of nitrogens with two attached hydrogens (primary N) is 1. The number of carbonyl (C=O) groups is 1. The molecule has 1 amide bonds. The summed E-state index contributed by atoms with van der Waals surface area (Å²) in [6.07, 6.45) is 0. The predicted octanol–water partition coefficient (Wildman–Crippen LogP) is 0.784. The Morgan fingerprint density at radius 1 is 1.40 bits per heavy atom. The van der Waals surface area contributed by atoms with E-state index in [2.05, 4.69) is 10.0 Å². The lowest BCUT2D eigenvalue weighted by molar-refractivity contribution is 0.0997. The first-order chi connectivity index (χ1) is 6.96. The number of amides is 1. The van der Waals surface area contributed by atoms with Crippen LogP contribution in [0.4, 0.5) is 0 Å². The largest absolute Gasteiger partial charge is 0.287 e. The summed E-state index contributed by atoms with van der Waals surface area (Å²) in [4.78, 5) is 13.1. The second kappa shape index (κ2) is 4.09. The van der Waals surface area contributed by atoms with Crippen LogP contribution in [0.25, 0.3) is 10.4 Å².